The van der Waals surface area contributed by atoms with Crippen LogP contribution in [0.25, 0.3) is 0 Å². The fourth-order valence-corrected chi connectivity index (χ4v) is 5.08. The zero-order chi connectivity index (χ0) is 26.2. The van der Waals surface area contributed by atoms with Gasteiger partial charge in [0.15, 0.2) is 0 Å². The number of rotatable bonds is 31. The van der Waals surface area contributed by atoms with Gasteiger partial charge in [-0.2, -0.15) is 11.8 Å². The molecule has 0 bridgehead atoms. The minimum Gasteiger partial charge on any atom is -0.450 e. The Bertz CT molecular complexity index is 430. The highest BCUT2D eigenvalue weighted by Gasteiger charge is 1.96. The molecule has 0 aromatic carbocycles. The normalized spacial score (nSPS) is 11.2. The van der Waals surface area contributed by atoms with E-state index in [0.29, 0.717) is 6.61 Å². The summed E-state index contributed by atoms with van der Waals surface area (Å²) in [6, 6.07) is 0. The van der Waals surface area contributed by atoms with Gasteiger partial charge >= 0.3 is 6.09 Å². The van der Waals surface area contributed by atoms with E-state index in [1.807, 2.05) is 11.8 Å². The molecule has 0 unspecified atom stereocenters. The van der Waals surface area contributed by atoms with Gasteiger partial charge in [-0.1, -0.05) is 90.4 Å². The topological polar surface area (TPSA) is 88.4 Å². The first-order chi connectivity index (χ1) is 17.8. The van der Waals surface area contributed by atoms with Crippen LogP contribution >= 0.6 is 11.8 Å². The second-order valence-electron chi connectivity index (χ2n) is 10.0. The van der Waals surface area contributed by atoms with E-state index in [0.717, 1.165) is 31.8 Å². The number of primary amides is 1. The van der Waals surface area contributed by atoms with E-state index < -0.39 is 6.09 Å². The smallest absolute Gasteiger partial charge is 0.404 e. The zero-order valence-corrected chi connectivity index (χ0v) is 24.7. The zero-order valence-electron chi connectivity index (χ0n) is 23.9. The van der Waals surface area contributed by atoms with Crippen molar-refractivity contribution in [2.45, 2.75) is 122 Å². The summed E-state index contributed by atoms with van der Waals surface area (Å²) in [5.74, 6) is 2.35. The Balaban J connectivity index is 3.02. The van der Waals surface area contributed by atoms with Crippen LogP contribution < -0.4 is 21.7 Å². The number of nitrogens with two attached hydrogens (primary N) is 1. The molecule has 0 rings (SSSR count). The number of ether oxygens (including phenoxy) is 1. The van der Waals surface area contributed by atoms with Gasteiger partial charge < -0.3 is 26.4 Å². The van der Waals surface area contributed by atoms with Gasteiger partial charge in [-0.05, 0) is 70.6 Å². The minimum atomic E-state index is -0.687. The van der Waals surface area contributed by atoms with E-state index in [9.17, 15) is 4.79 Å². The Kier molecular flexibility index (Phi) is 32.1. The first-order valence-electron chi connectivity index (χ1n) is 15.4. The van der Waals surface area contributed by atoms with Gasteiger partial charge in [0.05, 0.1) is 6.61 Å². The molecule has 0 saturated heterocycles. The highest BCUT2D eigenvalue weighted by molar-refractivity contribution is 7.99. The maximum atomic E-state index is 10.4. The average molecular weight is 531 g/mol. The number of nitrogens with one attached hydrogen (secondary N) is 3. The lowest BCUT2D eigenvalue weighted by Gasteiger charge is -2.06. The van der Waals surface area contributed by atoms with Crippen molar-refractivity contribution in [3.8, 4) is 0 Å². The first-order valence-corrected chi connectivity index (χ1v) is 16.5. The van der Waals surface area contributed by atoms with Crippen molar-refractivity contribution < 1.29 is 9.53 Å². The van der Waals surface area contributed by atoms with Crippen molar-refractivity contribution in [1.29, 1.82) is 0 Å². The molecule has 5 N–H and O–H groups in total. The molecule has 0 atom stereocenters. The summed E-state index contributed by atoms with van der Waals surface area (Å²) in [5, 5.41) is 10.5. The Hall–Kier alpha value is -0.500. The van der Waals surface area contributed by atoms with Crippen molar-refractivity contribution in [2.75, 3.05) is 57.4 Å². The number of carbonyl (C=O) groups is 1. The summed E-state index contributed by atoms with van der Waals surface area (Å²) in [6.45, 7) is 9.31. The standard InChI is InChI=1S/C29H62N4O2S/c1-2-3-4-15-20-31-21-16-13-11-9-7-5-6-8-10-12-14-17-22-32-24-19-27-36-28-25-33-23-18-26-35-29(30)34/h31-33H,2-28H2,1H3,(H2,30,34). The van der Waals surface area contributed by atoms with E-state index in [1.54, 1.807) is 0 Å². The fourth-order valence-electron chi connectivity index (χ4n) is 4.24. The second-order valence-corrected chi connectivity index (χ2v) is 11.3. The number of thioether (sulfide) groups is 1. The molecule has 0 aromatic rings. The molecule has 0 spiro atoms. The molecule has 0 aliphatic heterocycles. The van der Waals surface area contributed by atoms with Crippen LogP contribution in [0.4, 0.5) is 4.79 Å². The number of unbranched alkanes of at least 4 members (excludes halogenated alkanes) is 14. The van der Waals surface area contributed by atoms with E-state index >= 15 is 0 Å². The van der Waals surface area contributed by atoms with E-state index in [1.165, 1.54) is 135 Å². The fraction of sp³-hybridized carbons (Fsp3) is 0.966. The summed E-state index contributed by atoms with van der Waals surface area (Å²) in [6.07, 6.45) is 23.8. The van der Waals surface area contributed by atoms with Crippen molar-refractivity contribution in [3.05, 3.63) is 0 Å². The molecule has 0 aliphatic rings. The minimum absolute atomic E-state index is 0.402. The van der Waals surface area contributed by atoms with Crippen molar-refractivity contribution >= 4 is 17.9 Å². The molecule has 0 heterocycles. The SMILES string of the molecule is CCCCCCNCCCCCCCCCCCCCCNCCCSCCNCCCOC(N)=O. The van der Waals surface area contributed by atoms with Gasteiger partial charge in [-0.15, -0.1) is 0 Å². The lowest BCUT2D eigenvalue weighted by molar-refractivity contribution is 0.155. The molecular formula is C29H62N4O2S. The molecule has 0 aromatic heterocycles. The van der Waals surface area contributed by atoms with Crippen LogP contribution in [0, 0.1) is 0 Å². The van der Waals surface area contributed by atoms with Crippen LogP contribution in [-0.2, 0) is 4.74 Å². The van der Waals surface area contributed by atoms with Crippen LogP contribution in [-0.4, -0.2) is 63.5 Å². The number of hydrogen-bond acceptors (Lipinski definition) is 6. The van der Waals surface area contributed by atoms with E-state index in [4.69, 9.17) is 10.5 Å². The second kappa shape index (κ2) is 32.5. The molecule has 216 valence electrons. The monoisotopic (exact) mass is 530 g/mol. The van der Waals surface area contributed by atoms with Gasteiger partial charge in [0, 0.05) is 12.3 Å². The quantitative estimate of drug-likeness (QED) is 0.0753. The molecule has 0 aliphatic carbocycles. The molecule has 0 fully saturated rings. The first kappa shape index (κ1) is 35.5. The maximum Gasteiger partial charge on any atom is 0.404 e. The molecular weight excluding hydrogens is 468 g/mol. The number of amides is 1. The Morgan fingerprint density at radius 2 is 0.972 bits per heavy atom. The molecule has 36 heavy (non-hydrogen) atoms. The molecule has 1 amide bonds. The third-order valence-corrected chi connectivity index (χ3v) is 7.54. The van der Waals surface area contributed by atoms with Gasteiger partial charge in [0.2, 0.25) is 0 Å². The molecule has 0 saturated carbocycles. The Morgan fingerprint density at radius 3 is 1.47 bits per heavy atom. The highest BCUT2D eigenvalue weighted by Crippen LogP contribution is 2.12. The Morgan fingerprint density at radius 1 is 0.556 bits per heavy atom. The highest BCUT2D eigenvalue weighted by atomic mass is 32.2. The summed E-state index contributed by atoms with van der Waals surface area (Å²) in [4.78, 5) is 10.4. The predicted molar refractivity (Wildman–Crippen MR) is 160 cm³/mol. The van der Waals surface area contributed by atoms with E-state index in [2.05, 4.69) is 22.9 Å². The van der Waals surface area contributed by atoms with Gasteiger partial charge in [0.25, 0.3) is 0 Å². The van der Waals surface area contributed by atoms with Crippen molar-refractivity contribution in [2.24, 2.45) is 5.73 Å². The van der Waals surface area contributed by atoms with Crippen LogP contribution in [0.3, 0.4) is 0 Å². The van der Waals surface area contributed by atoms with Gasteiger partial charge in [-0.25, -0.2) is 4.79 Å². The van der Waals surface area contributed by atoms with Gasteiger partial charge in [-0.3, -0.25) is 0 Å². The van der Waals surface area contributed by atoms with Crippen LogP contribution in [0.2, 0.25) is 0 Å². The summed E-state index contributed by atoms with van der Waals surface area (Å²) >= 11 is 2.00. The molecule has 7 heteroatoms. The summed E-state index contributed by atoms with van der Waals surface area (Å²) < 4.78 is 4.69. The maximum absolute atomic E-state index is 10.4. The van der Waals surface area contributed by atoms with Crippen LogP contribution in [0.5, 0.6) is 0 Å². The predicted octanol–water partition coefficient (Wildman–Crippen LogP) is 6.63. The third-order valence-electron chi connectivity index (χ3n) is 6.47. The Labute approximate surface area is 228 Å². The summed E-state index contributed by atoms with van der Waals surface area (Å²) in [7, 11) is 0. The third kappa shape index (κ3) is 33.5. The van der Waals surface area contributed by atoms with E-state index in [-0.39, 0.29) is 0 Å². The lowest BCUT2D eigenvalue weighted by Crippen LogP contribution is -2.22. The van der Waals surface area contributed by atoms with Crippen molar-refractivity contribution in [1.82, 2.24) is 16.0 Å². The number of carbonyl (C=O) groups excluding carboxylic acids is 1. The van der Waals surface area contributed by atoms with Crippen LogP contribution in [0.1, 0.15) is 122 Å². The van der Waals surface area contributed by atoms with Crippen molar-refractivity contribution in [3.63, 3.8) is 0 Å². The largest absolute Gasteiger partial charge is 0.450 e. The summed E-state index contributed by atoms with van der Waals surface area (Å²) in [5.41, 5.74) is 4.91. The molecule has 0 radical (unpaired) electrons. The lowest BCUT2D eigenvalue weighted by atomic mass is 10.1. The number of hydrogen-bond donors (Lipinski definition) is 4. The van der Waals surface area contributed by atoms with Crippen LogP contribution in [0.15, 0.2) is 0 Å². The average Bonchev–Trinajstić information content (AvgIpc) is 2.87. The van der Waals surface area contributed by atoms with Gasteiger partial charge in [0.1, 0.15) is 0 Å². The molecule has 6 nitrogen and oxygen atoms in total.